The van der Waals surface area contributed by atoms with Crippen LogP contribution in [0.2, 0.25) is 5.02 Å². The molecule has 7 nitrogen and oxygen atoms in total. The fourth-order valence-electron chi connectivity index (χ4n) is 2.39. The summed E-state index contributed by atoms with van der Waals surface area (Å²) >= 11 is 6.04. The van der Waals surface area contributed by atoms with Crippen molar-refractivity contribution in [3.05, 3.63) is 64.8 Å². The van der Waals surface area contributed by atoms with Gasteiger partial charge in [-0.05, 0) is 30.3 Å². The number of hydrogen-bond donors (Lipinski definition) is 2. The van der Waals surface area contributed by atoms with Crippen molar-refractivity contribution in [2.24, 2.45) is 5.10 Å². The van der Waals surface area contributed by atoms with Gasteiger partial charge in [-0.1, -0.05) is 29.8 Å². The molecule has 1 heterocycles. The van der Waals surface area contributed by atoms with E-state index in [9.17, 15) is 4.79 Å². The first kappa shape index (κ1) is 18.5. The Kier molecular flexibility index (Phi) is 5.73. The number of aromatic amines is 1. The number of amides is 1. The lowest BCUT2D eigenvalue weighted by atomic mass is 10.1. The largest absolute Gasteiger partial charge is 0.497 e. The SMILES string of the molecule is COc1ccc(OC)c(-c2cc(C(=O)NN=Cc3ccccc3Cl)[nH]n2)c1. The van der Waals surface area contributed by atoms with Crippen molar-refractivity contribution in [1.29, 1.82) is 0 Å². The highest BCUT2D eigenvalue weighted by molar-refractivity contribution is 6.33. The highest BCUT2D eigenvalue weighted by Gasteiger charge is 2.14. The molecule has 0 unspecified atom stereocenters. The lowest BCUT2D eigenvalue weighted by Crippen LogP contribution is -2.18. The Morgan fingerprint density at radius 1 is 1.19 bits per heavy atom. The zero-order valence-corrected chi connectivity index (χ0v) is 15.4. The molecule has 2 N–H and O–H groups in total. The van der Waals surface area contributed by atoms with Crippen LogP contribution < -0.4 is 14.9 Å². The van der Waals surface area contributed by atoms with Gasteiger partial charge >= 0.3 is 0 Å². The first-order valence-corrected chi connectivity index (χ1v) is 8.36. The van der Waals surface area contributed by atoms with E-state index in [1.54, 1.807) is 50.6 Å². The van der Waals surface area contributed by atoms with Gasteiger partial charge in [-0.2, -0.15) is 10.2 Å². The molecule has 0 fully saturated rings. The number of methoxy groups -OCH3 is 2. The number of carbonyl (C=O) groups is 1. The summed E-state index contributed by atoms with van der Waals surface area (Å²) in [5.41, 5.74) is 4.64. The molecule has 1 aromatic heterocycles. The van der Waals surface area contributed by atoms with Crippen molar-refractivity contribution in [2.45, 2.75) is 0 Å². The smallest absolute Gasteiger partial charge is 0.289 e. The number of nitrogens with one attached hydrogen (secondary N) is 2. The molecule has 0 aliphatic heterocycles. The summed E-state index contributed by atoms with van der Waals surface area (Å²) in [7, 11) is 3.14. The molecule has 0 spiro atoms. The summed E-state index contributed by atoms with van der Waals surface area (Å²) in [4.78, 5) is 12.3. The highest BCUT2D eigenvalue weighted by Crippen LogP contribution is 2.32. The molecule has 0 aliphatic carbocycles. The molecule has 1 amide bonds. The minimum absolute atomic E-state index is 0.256. The number of benzene rings is 2. The average Bonchev–Trinajstić information content (AvgIpc) is 3.19. The maximum atomic E-state index is 12.3. The molecule has 0 aliphatic rings. The van der Waals surface area contributed by atoms with Crippen molar-refractivity contribution in [1.82, 2.24) is 15.6 Å². The number of nitrogens with zero attached hydrogens (tertiary/aromatic N) is 2. The molecule has 8 heteroatoms. The first-order valence-electron chi connectivity index (χ1n) is 7.98. The van der Waals surface area contributed by atoms with Crippen LogP contribution in [-0.4, -0.2) is 36.5 Å². The van der Waals surface area contributed by atoms with E-state index in [-0.39, 0.29) is 5.69 Å². The number of aromatic nitrogens is 2. The zero-order chi connectivity index (χ0) is 19.2. The summed E-state index contributed by atoms with van der Waals surface area (Å²) in [6.45, 7) is 0. The number of halogens is 1. The van der Waals surface area contributed by atoms with Crippen LogP contribution in [0.15, 0.2) is 53.6 Å². The topological polar surface area (TPSA) is 88.6 Å². The van der Waals surface area contributed by atoms with Crippen LogP contribution in [0.25, 0.3) is 11.3 Å². The first-order chi connectivity index (χ1) is 13.1. The molecule has 2 aromatic carbocycles. The second-order valence-electron chi connectivity index (χ2n) is 5.45. The summed E-state index contributed by atoms with van der Waals surface area (Å²) in [5, 5.41) is 11.3. The van der Waals surface area contributed by atoms with E-state index in [4.69, 9.17) is 21.1 Å². The molecule has 0 radical (unpaired) electrons. The van der Waals surface area contributed by atoms with Crippen molar-refractivity contribution in [3.8, 4) is 22.8 Å². The number of hydrazone groups is 1. The Morgan fingerprint density at radius 3 is 2.74 bits per heavy atom. The Bertz CT molecular complexity index is 985. The number of rotatable bonds is 6. The van der Waals surface area contributed by atoms with E-state index in [2.05, 4.69) is 20.7 Å². The minimum atomic E-state index is -0.432. The normalized spacial score (nSPS) is 10.8. The molecule has 0 atom stereocenters. The Morgan fingerprint density at radius 2 is 2.00 bits per heavy atom. The van der Waals surface area contributed by atoms with Gasteiger partial charge in [0.2, 0.25) is 0 Å². The third-order valence-electron chi connectivity index (χ3n) is 3.78. The van der Waals surface area contributed by atoms with Gasteiger partial charge in [0.25, 0.3) is 5.91 Å². The third-order valence-corrected chi connectivity index (χ3v) is 4.12. The molecule has 138 valence electrons. The molecular formula is C19H17ClN4O3. The fraction of sp³-hybridized carbons (Fsp3) is 0.105. The average molecular weight is 385 g/mol. The predicted molar refractivity (Wildman–Crippen MR) is 104 cm³/mol. The lowest BCUT2D eigenvalue weighted by molar-refractivity contribution is 0.0950. The summed E-state index contributed by atoms with van der Waals surface area (Å²) in [5.74, 6) is 0.842. The fourth-order valence-corrected chi connectivity index (χ4v) is 2.58. The molecule has 3 rings (SSSR count). The van der Waals surface area contributed by atoms with Gasteiger partial charge in [0.15, 0.2) is 0 Å². The number of H-pyrrole nitrogens is 1. The maximum absolute atomic E-state index is 12.3. The molecule has 0 saturated heterocycles. The maximum Gasteiger partial charge on any atom is 0.289 e. The third kappa shape index (κ3) is 4.27. The van der Waals surface area contributed by atoms with Gasteiger partial charge in [0.1, 0.15) is 17.2 Å². The Hall–Kier alpha value is -3.32. The molecule has 27 heavy (non-hydrogen) atoms. The summed E-state index contributed by atoms with van der Waals surface area (Å²) < 4.78 is 10.6. The lowest BCUT2D eigenvalue weighted by Gasteiger charge is -2.08. The Balaban J connectivity index is 1.76. The summed E-state index contributed by atoms with van der Waals surface area (Å²) in [6, 6.07) is 14.1. The monoisotopic (exact) mass is 384 g/mol. The van der Waals surface area contributed by atoms with Gasteiger partial charge < -0.3 is 9.47 Å². The predicted octanol–water partition coefficient (Wildman–Crippen LogP) is 3.51. The van der Waals surface area contributed by atoms with E-state index in [0.717, 1.165) is 0 Å². The van der Waals surface area contributed by atoms with Crippen molar-refractivity contribution >= 4 is 23.7 Å². The second kappa shape index (κ2) is 8.37. The molecule has 0 saturated carbocycles. The van der Waals surface area contributed by atoms with Crippen LogP contribution in [-0.2, 0) is 0 Å². The Labute approximate surface area is 161 Å². The van der Waals surface area contributed by atoms with E-state index in [1.165, 1.54) is 6.21 Å². The molecule has 3 aromatic rings. The van der Waals surface area contributed by atoms with E-state index in [0.29, 0.717) is 33.3 Å². The van der Waals surface area contributed by atoms with E-state index < -0.39 is 5.91 Å². The van der Waals surface area contributed by atoms with Gasteiger partial charge in [-0.15, -0.1) is 0 Å². The van der Waals surface area contributed by atoms with Gasteiger partial charge in [-0.25, -0.2) is 5.43 Å². The number of carbonyl (C=O) groups excluding carboxylic acids is 1. The standard InChI is InChI=1S/C19H17ClN4O3/c1-26-13-7-8-18(27-2)14(9-13)16-10-17(23-22-16)19(25)24-21-11-12-5-3-4-6-15(12)20/h3-11H,1-2H3,(H,22,23)(H,24,25). The molecule has 0 bridgehead atoms. The van der Waals surface area contributed by atoms with Crippen molar-refractivity contribution in [3.63, 3.8) is 0 Å². The van der Waals surface area contributed by atoms with Crippen LogP contribution in [0.1, 0.15) is 16.1 Å². The van der Waals surface area contributed by atoms with Crippen LogP contribution >= 0.6 is 11.6 Å². The van der Waals surface area contributed by atoms with Crippen LogP contribution in [0.4, 0.5) is 0 Å². The highest BCUT2D eigenvalue weighted by atomic mass is 35.5. The van der Waals surface area contributed by atoms with Crippen LogP contribution in [0, 0.1) is 0 Å². The zero-order valence-electron chi connectivity index (χ0n) is 14.7. The van der Waals surface area contributed by atoms with Crippen molar-refractivity contribution < 1.29 is 14.3 Å². The van der Waals surface area contributed by atoms with E-state index >= 15 is 0 Å². The number of ether oxygens (including phenoxy) is 2. The number of hydrogen-bond acceptors (Lipinski definition) is 5. The van der Waals surface area contributed by atoms with Crippen molar-refractivity contribution in [2.75, 3.05) is 14.2 Å². The van der Waals surface area contributed by atoms with Crippen LogP contribution in [0.5, 0.6) is 11.5 Å². The quantitative estimate of drug-likeness (QED) is 0.502. The molecular weight excluding hydrogens is 368 g/mol. The second-order valence-corrected chi connectivity index (χ2v) is 5.86. The minimum Gasteiger partial charge on any atom is -0.497 e. The van der Waals surface area contributed by atoms with Gasteiger partial charge in [-0.3, -0.25) is 9.89 Å². The van der Waals surface area contributed by atoms with Crippen LogP contribution in [0.3, 0.4) is 0 Å². The van der Waals surface area contributed by atoms with E-state index in [1.807, 2.05) is 12.1 Å². The van der Waals surface area contributed by atoms with Gasteiger partial charge in [0, 0.05) is 16.1 Å². The van der Waals surface area contributed by atoms with Gasteiger partial charge in [0.05, 0.1) is 26.1 Å². The summed E-state index contributed by atoms with van der Waals surface area (Å²) in [6.07, 6.45) is 1.47.